The van der Waals surface area contributed by atoms with Crippen LogP contribution in [0.2, 0.25) is 5.02 Å². The summed E-state index contributed by atoms with van der Waals surface area (Å²) in [6, 6.07) is 5.10. The average Bonchev–Trinajstić information content (AvgIpc) is 3.19. The summed E-state index contributed by atoms with van der Waals surface area (Å²) in [5, 5.41) is 3.04. The predicted molar refractivity (Wildman–Crippen MR) is 123 cm³/mol. The molecule has 0 unspecified atom stereocenters. The minimum Gasteiger partial charge on any atom is -0.485 e. The molecule has 0 fully saturated rings. The van der Waals surface area contributed by atoms with Crippen LogP contribution in [0.25, 0.3) is 17.2 Å². The molecule has 4 aromatic rings. The number of hydrogen-bond donors (Lipinski definition) is 2. The summed E-state index contributed by atoms with van der Waals surface area (Å²) < 4.78 is 35.4. The van der Waals surface area contributed by atoms with Gasteiger partial charge in [-0.2, -0.15) is 0 Å². The van der Waals surface area contributed by atoms with Crippen molar-refractivity contribution in [2.45, 2.75) is 32.8 Å². The highest BCUT2D eigenvalue weighted by Crippen LogP contribution is 2.41. The summed E-state index contributed by atoms with van der Waals surface area (Å²) in [6.45, 7) is 4.87. The number of imidazole rings is 1. The van der Waals surface area contributed by atoms with Crippen molar-refractivity contribution in [2.75, 3.05) is 11.1 Å². The Hall–Kier alpha value is -3.79. The maximum absolute atomic E-state index is 14.0. The van der Waals surface area contributed by atoms with Gasteiger partial charge in [0.15, 0.2) is 17.2 Å². The fourth-order valence-electron chi connectivity index (χ4n) is 4.06. The predicted octanol–water partition coefficient (Wildman–Crippen LogP) is 4.42. The quantitative estimate of drug-likeness (QED) is 0.444. The maximum Gasteiger partial charge on any atom is 0.235 e. The summed E-state index contributed by atoms with van der Waals surface area (Å²) in [7, 11) is 0. The lowest BCUT2D eigenvalue weighted by molar-refractivity contribution is -0.119. The van der Waals surface area contributed by atoms with Gasteiger partial charge in [-0.15, -0.1) is 0 Å². The highest BCUT2D eigenvalue weighted by molar-refractivity contribution is 6.30. The number of pyridine rings is 1. The SMILES string of the molecule is Cc1nc2c(OCc3c(F)cccc3F)cc(Cl)cn2c1-c1nc(N)c2c(n1)NC(=O)C2(C)C. The second-order valence-corrected chi connectivity index (χ2v) is 8.92. The molecule has 0 saturated heterocycles. The molecule has 4 heterocycles. The number of rotatable bonds is 4. The number of halogens is 3. The van der Waals surface area contributed by atoms with Crippen LogP contribution in [0.4, 0.5) is 20.4 Å². The van der Waals surface area contributed by atoms with E-state index in [1.165, 1.54) is 12.1 Å². The molecule has 1 aromatic carbocycles. The highest BCUT2D eigenvalue weighted by atomic mass is 35.5. The summed E-state index contributed by atoms with van der Waals surface area (Å²) in [4.78, 5) is 25.9. The van der Waals surface area contributed by atoms with Crippen molar-refractivity contribution in [3.8, 4) is 17.3 Å². The van der Waals surface area contributed by atoms with E-state index >= 15 is 0 Å². The Labute approximate surface area is 197 Å². The minimum absolute atomic E-state index is 0.172. The second kappa shape index (κ2) is 7.63. The molecule has 34 heavy (non-hydrogen) atoms. The van der Waals surface area contributed by atoms with E-state index in [0.29, 0.717) is 33.4 Å². The van der Waals surface area contributed by atoms with Crippen molar-refractivity contribution in [1.29, 1.82) is 0 Å². The molecule has 3 aromatic heterocycles. The van der Waals surface area contributed by atoms with Gasteiger partial charge in [-0.1, -0.05) is 17.7 Å². The van der Waals surface area contributed by atoms with E-state index in [1.54, 1.807) is 31.4 Å². The van der Waals surface area contributed by atoms with Crippen molar-refractivity contribution < 1.29 is 18.3 Å². The van der Waals surface area contributed by atoms with Gasteiger partial charge < -0.3 is 15.8 Å². The zero-order chi connectivity index (χ0) is 24.4. The molecule has 11 heteroatoms. The zero-order valence-electron chi connectivity index (χ0n) is 18.4. The smallest absolute Gasteiger partial charge is 0.235 e. The summed E-state index contributed by atoms with van der Waals surface area (Å²) in [5.41, 5.74) is 7.03. The molecule has 174 valence electrons. The van der Waals surface area contributed by atoms with E-state index in [9.17, 15) is 13.6 Å². The molecule has 1 aliphatic rings. The maximum atomic E-state index is 14.0. The largest absolute Gasteiger partial charge is 0.485 e. The first-order valence-electron chi connectivity index (χ1n) is 10.3. The number of benzene rings is 1. The first-order valence-corrected chi connectivity index (χ1v) is 10.7. The Kier molecular flexibility index (Phi) is 4.94. The summed E-state index contributed by atoms with van der Waals surface area (Å²) in [6.07, 6.45) is 1.60. The molecular weight excluding hydrogens is 466 g/mol. The van der Waals surface area contributed by atoms with Gasteiger partial charge in [-0.3, -0.25) is 9.20 Å². The normalized spacial score (nSPS) is 14.4. The lowest BCUT2D eigenvalue weighted by atomic mass is 9.87. The number of nitrogens with two attached hydrogens (primary N) is 1. The first-order chi connectivity index (χ1) is 16.1. The van der Waals surface area contributed by atoms with E-state index in [0.717, 1.165) is 12.1 Å². The number of carbonyl (C=O) groups excluding carboxylic acids is 1. The van der Waals surface area contributed by atoms with Crippen molar-refractivity contribution in [3.05, 3.63) is 63.9 Å². The molecule has 0 saturated carbocycles. The summed E-state index contributed by atoms with van der Waals surface area (Å²) >= 11 is 6.32. The lowest BCUT2D eigenvalue weighted by Gasteiger charge is -2.16. The van der Waals surface area contributed by atoms with E-state index in [4.69, 9.17) is 22.1 Å². The second-order valence-electron chi connectivity index (χ2n) is 8.49. The Balaban J connectivity index is 1.61. The average molecular weight is 485 g/mol. The molecule has 0 bridgehead atoms. The standard InChI is InChI=1S/C23H19ClF2N6O2/c1-10-17(20-29-18(27)16-19(30-20)31-22(33)23(16,2)3)32-8-11(24)7-15(21(32)28-10)34-9-12-13(25)5-4-6-14(12)26/h4-8H,9H2,1-3H3,(H3,27,29,30,31,33). The number of nitrogen functional groups attached to an aromatic ring is 1. The van der Waals surface area contributed by atoms with Crippen LogP contribution in [0.1, 0.15) is 30.7 Å². The fourth-order valence-corrected chi connectivity index (χ4v) is 4.26. The topological polar surface area (TPSA) is 107 Å². The molecule has 0 atom stereocenters. The van der Waals surface area contributed by atoms with Crippen molar-refractivity contribution in [1.82, 2.24) is 19.4 Å². The number of anilines is 2. The molecule has 8 nitrogen and oxygen atoms in total. The number of amides is 1. The van der Waals surface area contributed by atoms with E-state index in [1.807, 2.05) is 0 Å². The number of ether oxygens (including phenoxy) is 1. The van der Waals surface area contributed by atoms with Crippen molar-refractivity contribution >= 4 is 34.8 Å². The van der Waals surface area contributed by atoms with E-state index < -0.39 is 17.0 Å². The summed E-state index contributed by atoms with van der Waals surface area (Å²) in [5.74, 6) is -0.711. The van der Waals surface area contributed by atoms with Crippen molar-refractivity contribution in [3.63, 3.8) is 0 Å². The lowest BCUT2D eigenvalue weighted by Crippen LogP contribution is -2.27. The van der Waals surface area contributed by atoms with Crippen molar-refractivity contribution in [2.24, 2.45) is 0 Å². The molecule has 0 spiro atoms. The molecule has 0 aliphatic carbocycles. The molecule has 5 rings (SSSR count). The fraction of sp³-hybridized carbons (Fsp3) is 0.217. The number of aromatic nitrogens is 4. The van der Waals surface area contributed by atoms with Crippen LogP contribution in [0.15, 0.2) is 30.5 Å². The number of carbonyl (C=O) groups is 1. The molecule has 0 radical (unpaired) electrons. The molecule has 1 amide bonds. The first kappa shape index (κ1) is 22.0. The van der Waals surface area contributed by atoms with Crippen LogP contribution in [0, 0.1) is 18.6 Å². The number of nitrogens with one attached hydrogen (secondary N) is 1. The Morgan fingerprint density at radius 2 is 1.91 bits per heavy atom. The Morgan fingerprint density at radius 3 is 2.62 bits per heavy atom. The van der Waals surface area contributed by atoms with Crippen LogP contribution in [0.3, 0.4) is 0 Å². The van der Waals surface area contributed by atoms with Crippen LogP contribution in [-0.4, -0.2) is 25.3 Å². The van der Waals surface area contributed by atoms with Gasteiger partial charge in [0.05, 0.1) is 27.3 Å². The van der Waals surface area contributed by atoms with Crippen LogP contribution in [0.5, 0.6) is 5.75 Å². The van der Waals surface area contributed by atoms with Gasteiger partial charge in [-0.25, -0.2) is 23.7 Å². The van der Waals surface area contributed by atoms with Crippen LogP contribution < -0.4 is 15.8 Å². The third kappa shape index (κ3) is 3.33. The number of hydrogen-bond acceptors (Lipinski definition) is 6. The van der Waals surface area contributed by atoms with Crippen LogP contribution >= 0.6 is 11.6 Å². The van der Waals surface area contributed by atoms with Crippen LogP contribution in [-0.2, 0) is 16.8 Å². The molecule has 3 N–H and O–H groups in total. The highest BCUT2D eigenvalue weighted by Gasteiger charge is 2.42. The third-order valence-corrected chi connectivity index (χ3v) is 6.04. The van der Waals surface area contributed by atoms with Gasteiger partial charge in [0.2, 0.25) is 5.91 Å². The van der Waals surface area contributed by atoms with Gasteiger partial charge in [0.25, 0.3) is 0 Å². The number of nitrogens with zero attached hydrogens (tertiary/aromatic N) is 4. The van der Waals surface area contributed by atoms with Gasteiger partial charge in [0.1, 0.15) is 35.6 Å². The third-order valence-electron chi connectivity index (χ3n) is 5.83. The zero-order valence-corrected chi connectivity index (χ0v) is 19.2. The molecular formula is C23H19ClF2N6O2. The van der Waals surface area contributed by atoms with Gasteiger partial charge in [0, 0.05) is 12.3 Å². The molecule has 1 aliphatic heterocycles. The minimum atomic E-state index is -0.862. The number of fused-ring (bicyclic) bond motifs is 2. The number of aryl methyl sites for hydroxylation is 1. The van der Waals surface area contributed by atoms with Gasteiger partial charge in [-0.05, 0) is 32.9 Å². The van der Waals surface area contributed by atoms with Gasteiger partial charge >= 0.3 is 0 Å². The Bertz CT molecular complexity index is 1480. The van der Waals surface area contributed by atoms with E-state index in [2.05, 4.69) is 20.3 Å². The monoisotopic (exact) mass is 484 g/mol. The Morgan fingerprint density at radius 1 is 1.21 bits per heavy atom. The van der Waals surface area contributed by atoms with E-state index in [-0.39, 0.29) is 35.5 Å².